The summed E-state index contributed by atoms with van der Waals surface area (Å²) in [5.74, 6) is -1.73. The predicted molar refractivity (Wildman–Crippen MR) is 64.7 cm³/mol. The number of hydrogen-bond donors (Lipinski definition) is 1. The lowest BCUT2D eigenvalue weighted by Crippen LogP contribution is -2.42. The van der Waals surface area contributed by atoms with Crippen LogP contribution in [0.4, 0.5) is 0 Å². The molecule has 0 atom stereocenters. The molecule has 10 nitrogen and oxygen atoms in total. The summed E-state index contributed by atoms with van der Waals surface area (Å²) in [6.07, 6.45) is 0. The van der Waals surface area contributed by atoms with Crippen molar-refractivity contribution >= 4 is 19.9 Å². The Labute approximate surface area is 108 Å². The maximum Gasteiger partial charge on any atom is 0.346 e. The smallest absolute Gasteiger partial charge is 0.266 e. The lowest BCUT2D eigenvalue weighted by Gasteiger charge is -2.06. The molecule has 0 amide bonds. The molecule has 0 aromatic carbocycles. The van der Waals surface area contributed by atoms with Gasteiger partial charge in [0.25, 0.3) is 5.56 Å². The van der Waals surface area contributed by atoms with E-state index >= 15 is 0 Å². The molecule has 1 aromatic rings. The van der Waals surface area contributed by atoms with Crippen LogP contribution in [0.3, 0.4) is 0 Å². The van der Waals surface area contributed by atoms with Crippen molar-refractivity contribution in [3.63, 3.8) is 0 Å². The Bertz CT molecular complexity index is 816. The van der Waals surface area contributed by atoms with Crippen LogP contribution in [0, 0.1) is 0 Å². The Balaban J connectivity index is 3.39. The van der Waals surface area contributed by atoms with Crippen LogP contribution in [0.25, 0.3) is 0 Å². The maximum atomic E-state index is 11.8. The largest absolute Gasteiger partial charge is 0.346 e. The Morgan fingerprint density at radius 2 is 1.63 bits per heavy atom. The van der Waals surface area contributed by atoms with Gasteiger partial charge in [0.1, 0.15) is 0 Å². The van der Waals surface area contributed by atoms with E-state index in [4.69, 9.17) is 5.14 Å². The summed E-state index contributed by atoms with van der Waals surface area (Å²) in [6, 6.07) is 0. The van der Waals surface area contributed by atoms with Gasteiger partial charge in [-0.1, -0.05) is 0 Å². The lowest BCUT2D eigenvalue weighted by atomic mass is 10.8. The van der Waals surface area contributed by atoms with E-state index in [1.807, 2.05) is 0 Å². The Kier molecular flexibility index (Phi) is 3.97. The minimum absolute atomic E-state index is 0.566. The third-order valence-electron chi connectivity index (χ3n) is 2.22. The van der Waals surface area contributed by atoms with E-state index in [0.29, 0.717) is 9.25 Å². The Morgan fingerprint density at radius 1 is 1.11 bits per heavy atom. The number of primary sulfonamides is 1. The van der Waals surface area contributed by atoms with Crippen LogP contribution in [0.2, 0.25) is 0 Å². The summed E-state index contributed by atoms with van der Waals surface area (Å²) < 4.78 is 46.3. The van der Waals surface area contributed by atoms with E-state index in [9.17, 15) is 26.4 Å². The minimum Gasteiger partial charge on any atom is -0.266 e. The Morgan fingerprint density at radius 3 is 2.11 bits per heavy atom. The standard InChI is InChI=1S/C7H12N4O6S2/c1-10-6(12)5(9-11(2)7(10)13)18(14,15)3-4-19(8,16)17/h3-4H2,1-2H3,(H2,8,16,17). The fraction of sp³-hybridized carbons (Fsp3) is 0.571. The van der Waals surface area contributed by atoms with Gasteiger partial charge in [-0.15, -0.1) is 0 Å². The van der Waals surface area contributed by atoms with Crippen molar-refractivity contribution in [2.24, 2.45) is 19.2 Å². The zero-order chi connectivity index (χ0) is 15.0. The molecule has 12 heteroatoms. The lowest BCUT2D eigenvalue weighted by molar-refractivity contribution is 0.535. The number of rotatable bonds is 4. The predicted octanol–water partition coefficient (Wildman–Crippen LogP) is -3.46. The van der Waals surface area contributed by atoms with E-state index < -0.39 is 47.6 Å². The van der Waals surface area contributed by atoms with Gasteiger partial charge in [0.2, 0.25) is 24.9 Å². The normalized spacial score (nSPS) is 12.6. The number of nitrogens with two attached hydrogens (primary N) is 1. The molecule has 0 saturated carbocycles. The summed E-state index contributed by atoms with van der Waals surface area (Å²) in [4.78, 5) is 23.0. The zero-order valence-corrected chi connectivity index (χ0v) is 11.7. The molecule has 1 heterocycles. The molecule has 1 aromatic heterocycles. The molecular formula is C7H12N4O6S2. The summed E-state index contributed by atoms with van der Waals surface area (Å²) in [7, 11) is -5.98. The minimum atomic E-state index is -4.25. The summed E-state index contributed by atoms with van der Waals surface area (Å²) in [5.41, 5.74) is -1.91. The summed E-state index contributed by atoms with van der Waals surface area (Å²) >= 11 is 0. The fourth-order valence-corrected chi connectivity index (χ4v) is 3.84. The fourth-order valence-electron chi connectivity index (χ4n) is 1.19. The van der Waals surface area contributed by atoms with Gasteiger partial charge in [0.15, 0.2) is 0 Å². The molecule has 19 heavy (non-hydrogen) atoms. The number of aromatic nitrogens is 3. The number of sulfone groups is 1. The van der Waals surface area contributed by atoms with E-state index in [1.54, 1.807) is 0 Å². The number of sulfonamides is 1. The van der Waals surface area contributed by atoms with E-state index in [2.05, 4.69) is 5.10 Å². The van der Waals surface area contributed by atoms with Crippen LogP contribution in [0.5, 0.6) is 0 Å². The first-order valence-electron chi connectivity index (χ1n) is 4.83. The molecule has 0 saturated heterocycles. The van der Waals surface area contributed by atoms with Gasteiger partial charge in [-0.05, 0) is 0 Å². The molecule has 0 aliphatic carbocycles. The highest BCUT2D eigenvalue weighted by atomic mass is 32.2. The average Bonchev–Trinajstić information content (AvgIpc) is 2.27. The van der Waals surface area contributed by atoms with E-state index in [0.717, 1.165) is 7.05 Å². The number of aryl methyl sites for hydroxylation is 1. The van der Waals surface area contributed by atoms with Crippen molar-refractivity contribution in [1.29, 1.82) is 0 Å². The molecule has 0 bridgehead atoms. The van der Waals surface area contributed by atoms with Gasteiger partial charge in [-0.2, -0.15) is 5.10 Å². The van der Waals surface area contributed by atoms with Gasteiger partial charge >= 0.3 is 5.69 Å². The number of hydrogen-bond acceptors (Lipinski definition) is 7. The molecule has 1 rings (SSSR count). The SMILES string of the molecule is Cn1nc(S(=O)(=O)CCS(N)(=O)=O)c(=O)n(C)c1=O. The maximum absolute atomic E-state index is 11.8. The Hall–Kier alpha value is -1.53. The molecule has 0 radical (unpaired) electrons. The second-order valence-corrected chi connectivity index (χ2v) is 7.52. The third kappa shape index (κ3) is 3.48. The third-order valence-corrected chi connectivity index (χ3v) is 4.84. The molecule has 0 fully saturated rings. The van der Waals surface area contributed by atoms with Gasteiger partial charge in [0.05, 0.1) is 11.5 Å². The molecule has 2 N–H and O–H groups in total. The van der Waals surface area contributed by atoms with E-state index in [1.165, 1.54) is 7.05 Å². The monoisotopic (exact) mass is 312 g/mol. The molecule has 0 aliphatic rings. The second kappa shape index (κ2) is 4.86. The zero-order valence-electron chi connectivity index (χ0n) is 10.1. The van der Waals surface area contributed by atoms with Crippen LogP contribution in [-0.2, 0) is 34.0 Å². The van der Waals surface area contributed by atoms with Crippen LogP contribution in [0.1, 0.15) is 0 Å². The van der Waals surface area contributed by atoms with Gasteiger partial charge in [-0.3, -0.25) is 9.36 Å². The first kappa shape index (κ1) is 15.5. The van der Waals surface area contributed by atoms with Crippen LogP contribution in [-0.4, -0.2) is 42.7 Å². The quantitative estimate of drug-likeness (QED) is 0.606. The number of nitrogens with zero attached hydrogens (tertiary/aromatic N) is 3. The van der Waals surface area contributed by atoms with Gasteiger partial charge in [-0.25, -0.2) is 31.5 Å². The molecule has 0 aliphatic heterocycles. The molecular weight excluding hydrogens is 300 g/mol. The molecule has 108 valence electrons. The average molecular weight is 312 g/mol. The first-order valence-corrected chi connectivity index (χ1v) is 8.20. The van der Waals surface area contributed by atoms with Crippen molar-refractivity contribution in [3.8, 4) is 0 Å². The van der Waals surface area contributed by atoms with Crippen LogP contribution < -0.4 is 16.4 Å². The van der Waals surface area contributed by atoms with Crippen molar-refractivity contribution in [2.75, 3.05) is 11.5 Å². The van der Waals surface area contributed by atoms with Crippen molar-refractivity contribution in [2.45, 2.75) is 5.03 Å². The van der Waals surface area contributed by atoms with Crippen molar-refractivity contribution < 1.29 is 16.8 Å². The van der Waals surface area contributed by atoms with Crippen LogP contribution >= 0.6 is 0 Å². The molecule has 0 spiro atoms. The molecule has 0 unspecified atom stereocenters. The van der Waals surface area contributed by atoms with E-state index in [-0.39, 0.29) is 0 Å². The summed E-state index contributed by atoms with van der Waals surface area (Å²) in [6.45, 7) is 0. The van der Waals surface area contributed by atoms with Gasteiger partial charge < -0.3 is 0 Å². The highest BCUT2D eigenvalue weighted by Gasteiger charge is 2.25. The topological polar surface area (TPSA) is 151 Å². The highest BCUT2D eigenvalue weighted by molar-refractivity contribution is 7.94. The van der Waals surface area contributed by atoms with Gasteiger partial charge in [0, 0.05) is 14.1 Å². The summed E-state index contributed by atoms with van der Waals surface area (Å²) in [5, 5.41) is 7.16. The van der Waals surface area contributed by atoms with Crippen LogP contribution in [0.15, 0.2) is 14.6 Å². The van der Waals surface area contributed by atoms with Crippen molar-refractivity contribution in [3.05, 3.63) is 20.8 Å². The van der Waals surface area contributed by atoms with Crippen molar-refractivity contribution in [1.82, 2.24) is 14.3 Å². The second-order valence-electron chi connectivity index (χ2n) is 3.76. The first-order chi connectivity index (χ1) is 8.46. The highest BCUT2D eigenvalue weighted by Crippen LogP contribution is 2.01.